The predicted molar refractivity (Wildman–Crippen MR) is 128 cm³/mol. The molecule has 1 atom stereocenters. The Kier molecular flexibility index (Phi) is 8.30. The third-order valence-electron chi connectivity index (χ3n) is 5.27. The van der Waals surface area contributed by atoms with E-state index in [0.717, 1.165) is 30.2 Å². The first-order chi connectivity index (χ1) is 15.1. The van der Waals surface area contributed by atoms with Gasteiger partial charge < -0.3 is 19.6 Å². The number of ether oxygens (including phenoxy) is 1. The zero-order valence-electron chi connectivity index (χ0n) is 18.7. The van der Waals surface area contributed by atoms with E-state index in [0.29, 0.717) is 13.1 Å². The van der Waals surface area contributed by atoms with Crippen LogP contribution < -0.4 is 14.5 Å². The van der Waals surface area contributed by atoms with Crippen LogP contribution in [0.5, 0.6) is 5.75 Å². The van der Waals surface area contributed by atoms with Crippen LogP contribution in [0, 0.1) is 6.92 Å². The summed E-state index contributed by atoms with van der Waals surface area (Å²) in [6.07, 6.45) is 1.14. The molecule has 3 rings (SSSR count). The van der Waals surface area contributed by atoms with E-state index in [1.54, 1.807) is 6.20 Å². The lowest BCUT2D eigenvalue weighted by molar-refractivity contribution is 0.111. The number of aromatic nitrogens is 1. The van der Waals surface area contributed by atoms with Gasteiger partial charge in [0.05, 0.1) is 0 Å². The Hall–Kier alpha value is -3.05. The summed E-state index contributed by atoms with van der Waals surface area (Å²) in [5.41, 5.74) is 3.54. The maximum Gasteiger partial charge on any atom is 0.128 e. The molecule has 1 heterocycles. The summed E-state index contributed by atoms with van der Waals surface area (Å²) in [7, 11) is 0. The minimum absolute atomic E-state index is 0.230. The van der Waals surface area contributed by atoms with Crippen LogP contribution in [0.3, 0.4) is 0 Å². The van der Waals surface area contributed by atoms with Crippen LogP contribution in [0.4, 0.5) is 11.5 Å². The molecule has 0 saturated carbocycles. The number of aryl methyl sites for hydroxylation is 1. The maximum atomic E-state index is 10.7. The van der Waals surface area contributed by atoms with Gasteiger partial charge in [-0.05, 0) is 68.3 Å². The van der Waals surface area contributed by atoms with E-state index in [9.17, 15) is 5.11 Å². The predicted octanol–water partition coefficient (Wildman–Crippen LogP) is 4.68. The van der Waals surface area contributed by atoms with Crippen molar-refractivity contribution >= 4 is 11.5 Å². The first-order valence-electron chi connectivity index (χ1n) is 11.0. The Morgan fingerprint density at radius 2 is 1.71 bits per heavy atom. The van der Waals surface area contributed by atoms with E-state index in [1.807, 2.05) is 49.4 Å². The average Bonchev–Trinajstić information content (AvgIpc) is 2.80. The number of pyridine rings is 1. The van der Waals surface area contributed by atoms with Crippen molar-refractivity contribution in [3.63, 3.8) is 0 Å². The van der Waals surface area contributed by atoms with Crippen LogP contribution in [0.25, 0.3) is 0 Å². The molecule has 1 aromatic heterocycles. The summed E-state index contributed by atoms with van der Waals surface area (Å²) in [6.45, 7) is 9.66. The number of nitrogens with zero attached hydrogens (tertiary/aromatic N) is 3. The van der Waals surface area contributed by atoms with Crippen LogP contribution in [-0.2, 0) is 6.54 Å². The molecule has 5 heteroatoms. The fourth-order valence-corrected chi connectivity index (χ4v) is 3.61. The lowest BCUT2D eigenvalue weighted by Gasteiger charge is -2.27. The van der Waals surface area contributed by atoms with Gasteiger partial charge in [-0.3, -0.25) is 0 Å². The van der Waals surface area contributed by atoms with Gasteiger partial charge in [-0.1, -0.05) is 30.3 Å². The van der Waals surface area contributed by atoms with Crippen molar-refractivity contribution in [1.29, 1.82) is 0 Å². The summed E-state index contributed by atoms with van der Waals surface area (Å²) in [5, 5.41) is 10.7. The lowest BCUT2D eigenvalue weighted by Crippen LogP contribution is -2.35. The van der Waals surface area contributed by atoms with Gasteiger partial charge >= 0.3 is 0 Å². The van der Waals surface area contributed by atoms with Crippen molar-refractivity contribution in [1.82, 2.24) is 4.98 Å². The number of aliphatic hydroxyl groups excluding tert-OH is 1. The first-order valence-corrected chi connectivity index (χ1v) is 11.0. The standard InChI is InChI=1S/C26H33N3O2/c1-4-28(5-2)23-14-12-22(13-15-23)18-29(26-11-6-7-16-27-26)19-24(30)20-31-25-10-8-9-21(3)17-25/h6-17,24,30H,4-5,18-20H2,1-3H3. The van der Waals surface area contributed by atoms with Crippen LogP contribution in [-0.4, -0.2) is 42.4 Å². The number of aliphatic hydroxyl groups is 1. The third-order valence-corrected chi connectivity index (χ3v) is 5.27. The molecular formula is C26H33N3O2. The van der Waals surface area contributed by atoms with Gasteiger partial charge in [0, 0.05) is 38.1 Å². The summed E-state index contributed by atoms with van der Waals surface area (Å²) in [6, 6.07) is 22.3. The SMILES string of the molecule is CCN(CC)c1ccc(CN(CC(O)COc2cccc(C)c2)c2ccccn2)cc1. The molecule has 0 amide bonds. The summed E-state index contributed by atoms with van der Waals surface area (Å²) < 4.78 is 5.80. The van der Waals surface area contributed by atoms with Gasteiger partial charge in [-0.25, -0.2) is 4.98 Å². The average molecular weight is 420 g/mol. The Morgan fingerprint density at radius 1 is 0.935 bits per heavy atom. The van der Waals surface area contributed by atoms with Crippen LogP contribution in [0.2, 0.25) is 0 Å². The highest BCUT2D eigenvalue weighted by Crippen LogP contribution is 2.19. The quantitative estimate of drug-likeness (QED) is 0.489. The molecule has 0 bridgehead atoms. The van der Waals surface area contributed by atoms with Gasteiger partial charge in [0.2, 0.25) is 0 Å². The van der Waals surface area contributed by atoms with Crippen molar-refractivity contribution in [3.05, 3.63) is 84.1 Å². The highest BCUT2D eigenvalue weighted by atomic mass is 16.5. The topological polar surface area (TPSA) is 48.8 Å². The zero-order chi connectivity index (χ0) is 22.1. The number of hydrogen-bond donors (Lipinski definition) is 1. The Morgan fingerprint density at radius 3 is 2.35 bits per heavy atom. The number of rotatable bonds is 11. The molecular weight excluding hydrogens is 386 g/mol. The second-order valence-electron chi connectivity index (χ2n) is 7.69. The van der Waals surface area contributed by atoms with Crippen LogP contribution in [0.15, 0.2) is 72.9 Å². The first kappa shape index (κ1) is 22.6. The van der Waals surface area contributed by atoms with Gasteiger partial charge in [0.1, 0.15) is 24.3 Å². The molecule has 0 aliphatic heterocycles. The van der Waals surface area contributed by atoms with E-state index >= 15 is 0 Å². The Bertz CT molecular complexity index is 911. The van der Waals surface area contributed by atoms with E-state index < -0.39 is 6.10 Å². The van der Waals surface area contributed by atoms with Gasteiger partial charge in [-0.2, -0.15) is 0 Å². The molecule has 31 heavy (non-hydrogen) atoms. The fourth-order valence-electron chi connectivity index (χ4n) is 3.61. The molecule has 1 unspecified atom stereocenters. The van der Waals surface area contributed by atoms with Crippen molar-refractivity contribution in [2.24, 2.45) is 0 Å². The van der Waals surface area contributed by atoms with E-state index in [-0.39, 0.29) is 6.61 Å². The molecule has 0 radical (unpaired) electrons. The molecule has 0 spiro atoms. The fraction of sp³-hybridized carbons (Fsp3) is 0.346. The molecule has 0 saturated heterocycles. The summed E-state index contributed by atoms with van der Waals surface area (Å²) >= 11 is 0. The van der Waals surface area contributed by atoms with E-state index in [4.69, 9.17) is 4.74 Å². The third kappa shape index (κ3) is 6.72. The highest BCUT2D eigenvalue weighted by Gasteiger charge is 2.15. The Labute approximate surface area is 185 Å². The van der Waals surface area contributed by atoms with E-state index in [2.05, 4.69) is 52.9 Å². The molecule has 164 valence electrons. The van der Waals surface area contributed by atoms with Gasteiger partial charge in [-0.15, -0.1) is 0 Å². The highest BCUT2D eigenvalue weighted by molar-refractivity contribution is 5.48. The molecule has 1 N–H and O–H groups in total. The molecule has 3 aromatic rings. The molecule has 0 aliphatic rings. The van der Waals surface area contributed by atoms with Crippen molar-refractivity contribution in [2.75, 3.05) is 36.0 Å². The molecule has 0 aliphatic carbocycles. The maximum absolute atomic E-state index is 10.7. The zero-order valence-corrected chi connectivity index (χ0v) is 18.7. The smallest absolute Gasteiger partial charge is 0.128 e. The summed E-state index contributed by atoms with van der Waals surface area (Å²) in [5.74, 6) is 1.61. The number of hydrogen-bond acceptors (Lipinski definition) is 5. The van der Waals surface area contributed by atoms with Gasteiger partial charge in [0.25, 0.3) is 0 Å². The Balaban J connectivity index is 1.67. The van der Waals surface area contributed by atoms with Crippen molar-refractivity contribution in [3.8, 4) is 5.75 Å². The number of anilines is 2. The molecule has 0 fully saturated rings. The van der Waals surface area contributed by atoms with Crippen LogP contribution >= 0.6 is 0 Å². The van der Waals surface area contributed by atoms with Crippen molar-refractivity contribution in [2.45, 2.75) is 33.4 Å². The molecule has 5 nitrogen and oxygen atoms in total. The largest absolute Gasteiger partial charge is 0.491 e. The second-order valence-corrected chi connectivity index (χ2v) is 7.69. The summed E-state index contributed by atoms with van der Waals surface area (Å²) in [4.78, 5) is 8.92. The van der Waals surface area contributed by atoms with Crippen LogP contribution in [0.1, 0.15) is 25.0 Å². The lowest BCUT2D eigenvalue weighted by atomic mass is 10.1. The number of benzene rings is 2. The normalized spacial score (nSPS) is 11.7. The van der Waals surface area contributed by atoms with E-state index in [1.165, 1.54) is 11.3 Å². The van der Waals surface area contributed by atoms with Gasteiger partial charge in [0.15, 0.2) is 0 Å². The monoisotopic (exact) mass is 419 g/mol. The van der Waals surface area contributed by atoms with Crippen molar-refractivity contribution < 1.29 is 9.84 Å². The molecule has 2 aromatic carbocycles. The minimum atomic E-state index is -0.641. The minimum Gasteiger partial charge on any atom is -0.491 e. The second kappa shape index (κ2) is 11.4.